The van der Waals surface area contributed by atoms with Crippen LogP contribution in [0.1, 0.15) is 40.5 Å². The number of nitrogens with one attached hydrogen (secondary N) is 1. The third kappa shape index (κ3) is 5.64. The molecule has 1 fully saturated rings. The van der Waals surface area contributed by atoms with Crippen molar-refractivity contribution in [3.05, 3.63) is 84.2 Å². The summed E-state index contributed by atoms with van der Waals surface area (Å²) in [6, 6.07) is 17.8. The number of rotatable bonds is 6. The van der Waals surface area contributed by atoms with Gasteiger partial charge in [-0.05, 0) is 80.4 Å². The highest BCUT2D eigenvalue weighted by Crippen LogP contribution is 2.18. The zero-order valence-electron chi connectivity index (χ0n) is 19.0. The van der Waals surface area contributed by atoms with Gasteiger partial charge in [0.05, 0.1) is 6.61 Å². The molecule has 1 saturated heterocycles. The first-order valence-corrected chi connectivity index (χ1v) is 11.3. The molecule has 1 aromatic heterocycles. The Kier molecular flexibility index (Phi) is 7.27. The number of carbonyl (C=O) groups is 3. The first-order chi connectivity index (χ1) is 16.5. The summed E-state index contributed by atoms with van der Waals surface area (Å²) in [5.41, 5.74) is 2.12. The maximum absolute atomic E-state index is 12.8. The number of amides is 2. The summed E-state index contributed by atoms with van der Waals surface area (Å²) in [6.45, 7) is 3.03. The van der Waals surface area contributed by atoms with Crippen molar-refractivity contribution in [2.45, 2.75) is 25.8 Å². The second-order valence-corrected chi connectivity index (χ2v) is 7.99. The molecule has 0 atom stereocenters. The van der Waals surface area contributed by atoms with Gasteiger partial charge in [-0.25, -0.2) is 4.79 Å². The van der Waals surface area contributed by atoms with Gasteiger partial charge in [0.15, 0.2) is 0 Å². The molecule has 0 unspecified atom stereocenters. The highest BCUT2D eigenvalue weighted by molar-refractivity contribution is 5.95. The van der Waals surface area contributed by atoms with Gasteiger partial charge in [-0.3, -0.25) is 9.59 Å². The van der Waals surface area contributed by atoms with E-state index in [1.54, 1.807) is 36.1 Å². The van der Waals surface area contributed by atoms with Gasteiger partial charge in [0, 0.05) is 48.3 Å². The Morgan fingerprint density at radius 3 is 2.15 bits per heavy atom. The van der Waals surface area contributed by atoms with Crippen molar-refractivity contribution in [2.75, 3.05) is 19.7 Å². The Labute approximate surface area is 198 Å². The van der Waals surface area contributed by atoms with Gasteiger partial charge >= 0.3 is 6.16 Å². The number of ether oxygens (including phenoxy) is 2. The molecule has 0 spiro atoms. The largest absolute Gasteiger partial charge is 0.513 e. The predicted molar refractivity (Wildman–Crippen MR) is 126 cm³/mol. The van der Waals surface area contributed by atoms with E-state index in [1.807, 2.05) is 53.4 Å². The second-order valence-electron chi connectivity index (χ2n) is 7.99. The molecule has 2 aromatic carbocycles. The van der Waals surface area contributed by atoms with E-state index in [4.69, 9.17) is 9.47 Å². The number of piperidine rings is 1. The minimum atomic E-state index is -0.775. The zero-order valence-corrected chi connectivity index (χ0v) is 19.0. The van der Waals surface area contributed by atoms with Crippen LogP contribution in [-0.4, -0.2) is 53.2 Å². The van der Waals surface area contributed by atoms with E-state index in [0.29, 0.717) is 42.8 Å². The lowest BCUT2D eigenvalue weighted by molar-refractivity contribution is 0.0698. The molecule has 2 amide bonds. The van der Waals surface area contributed by atoms with Gasteiger partial charge in [0.1, 0.15) is 5.75 Å². The molecule has 1 aliphatic heterocycles. The van der Waals surface area contributed by atoms with Crippen LogP contribution in [0.3, 0.4) is 0 Å². The Hall–Kier alpha value is -4.07. The highest BCUT2D eigenvalue weighted by atomic mass is 16.7. The van der Waals surface area contributed by atoms with Crippen LogP contribution in [0, 0.1) is 0 Å². The molecule has 3 aromatic rings. The minimum absolute atomic E-state index is 0.0148. The van der Waals surface area contributed by atoms with Crippen molar-refractivity contribution in [3.63, 3.8) is 0 Å². The number of benzene rings is 2. The van der Waals surface area contributed by atoms with Crippen LogP contribution < -0.4 is 10.1 Å². The lowest BCUT2D eigenvalue weighted by Gasteiger charge is -2.32. The van der Waals surface area contributed by atoms with E-state index in [1.165, 1.54) is 0 Å². The van der Waals surface area contributed by atoms with Crippen LogP contribution in [0.15, 0.2) is 73.1 Å². The van der Waals surface area contributed by atoms with Gasteiger partial charge in [0.25, 0.3) is 11.8 Å². The lowest BCUT2D eigenvalue weighted by Crippen LogP contribution is -2.46. The fraction of sp³-hybridized carbons (Fsp3) is 0.269. The molecule has 4 rings (SSSR count). The smallest absolute Gasteiger partial charge is 0.434 e. The number of hydrogen-bond acceptors (Lipinski definition) is 5. The van der Waals surface area contributed by atoms with E-state index in [2.05, 4.69) is 5.32 Å². The molecule has 0 bridgehead atoms. The van der Waals surface area contributed by atoms with Gasteiger partial charge in [-0.2, -0.15) is 0 Å². The van der Waals surface area contributed by atoms with E-state index in [0.717, 1.165) is 5.69 Å². The summed E-state index contributed by atoms with van der Waals surface area (Å²) in [6.07, 6.45) is 4.50. The third-order valence-corrected chi connectivity index (χ3v) is 5.71. The van der Waals surface area contributed by atoms with Crippen molar-refractivity contribution in [2.24, 2.45) is 0 Å². The van der Waals surface area contributed by atoms with E-state index in [-0.39, 0.29) is 24.5 Å². The van der Waals surface area contributed by atoms with Crippen molar-refractivity contribution >= 4 is 18.0 Å². The third-order valence-electron chi connectivity index (χ3n) is 5.71. The SMILES string of the molecule is CCOC(=O)Oc1ccc(C(=O)N2CCC(NC(=O)c3ccc(-n4cccc4)cc3)CC2)cc1. The number of carbonyl (C=O) groups excluding carboxylic acids is 3. The van der Waals surface area contributed by atoms with Crippen molar-refractivity contribution in [3.8, 4) is 11.4 Å². The van der Waals surface area contributed by atoms with Gasteiger partial charge < -0.3 is 24.3 Å². The van der Waals surface area contributed by atoms with Crippen LogP contribution >= 0.6 is 0 Å². The normalized spacial score (nSPS) is 13.9. The standard InChI is InChI=1S/C26H27N3O5/c1-2-33-26(32)34-23-11-7-20(8-12-23)25(31)29-17-13-21(14-18-29)27-24(30)19-5-9-22(10-6-19)28-15-3-4-16-28/h3-12,15-16,21H,2,13-14,17-18H2,1H3,(H,27,30). The number of hydrogen-bond donors (Lipinski definition) is 1. The quantitative estimate of drug-likeness (QED) is 0.442. The van der Waals surface area contributed by atoms with Crippen LogP contribution in [0.4, 0.5) is 4.79 Å². The van der Waals surface area contributed by atoms with Gasteiger partial charge in [-0.15, -0.1) is 0 Å². The van der Waals surface area contributed by atoms with Gasteiger partial charge in [0.2, 0.25) is 0 Å². The summed E-state index contributed by atoms with van der Waals surface area (Å²) in [7, 11) is 0. The average molecular weight is 462 g/mol. The summed E-state index contributed by atoms with van der Waals surface area (Å²) in [4.78, 5) is 38.6. The van der Waals surface area contributed by atoms with Crippen LogP contribution in [0.2, 0.25) is 0 Å². The lowest BCUT2D eigenvalue weighted by atomic mass is 10.0. The zero-order chi connectivity index (χ0) is 23.9. The molecule has 8 heteroatoms. The molecule has 0 aliphatic carbocycles. The Morgan fingerprint density at radius 2 is 1.53 bits per heavy atom. The number of nitrogens with zero attached hydrogens (tertiary/aromatic N) is 2. The maximum atomic E-state index is 12.8. The van der Waals surface area contributed by atoms with E-state index in [9.17, 15) is 14.4 Å². The minimum Gasteiger partial charge on any atom is -0.434 e. The molecule has 8 nitrogen and oxygen atoms in total. The van der Waals surface area contributed by atoms with Crippen molar-refractivity contribution in [1.29, 1.82) is 0 Å². The predicted octanol–water partition coefficient (Wildman–Crippen LogP) is 4.05. The number of likely N-dealkylation sites (tertiary alicyclic amines) is 1. The summed E-state index contributed by atoms with van der Waals surface area (Å²) in [5.74, 6) is 0.117. The van der Waals surface area contributed by atoms with Crippen molar-refractivity contribution < 1.29 is 23.9 Å². The fourth-order valence-corrected chi connectivity index (χ4v) is 3.88. The fourth-order valence-electron chi connectivity index (χ4n) is 3.88. The molecule has 0 radical (unpaired) electrons. The molecule has 2 heterocycles. The summed E-state index contributed by atoms with van der Waals surface area (Å²) < 4.78 is 11.7. The molecular formula is C26H27N3O5. The van der Waals surface area contributed by atoms with Crippen molar-refractivity contribution in [1.82, 2.24) is 14.8 Å². The highest BCUT2D eigenvalue weighted by Gasteiger charge is 2.25. The Balaban J connectivity index is 1.26. The van der Waals surface area contributed by atoms with Gasteiger partial charge in [-0.1, -0.05) is 0 Å². The molecular weight excluding hydrogens is 434 g/mol. The first-order valence-electron chi connectivity index (χ1n) is 11.3. The molecule has 34 heavy (non-hydrogen) atoms. The molecule has 0 saturated carbocycles. The van der Waals surface area contributed by atoms with E-state index < -0.39 is 6.16 Å². The second kappa shape index (κ2) is 10.7. The summed E-state index contributed by atoms with van der Waals surface area (Å²) in [5, 5.41) is 3.08. The maximum Gasteiger partial charge on any atom is 0.513 e. The molecule has 1 N–H and O–H groups in total. The van der Waals surface area contributed by atoms with E-state index >= 15 is 0 Å². The topological polar surface area (TPSA) is 89.9 Å². The van der Waals surface area contributed by atoms with Crippen LogP contribution in [0.5, 0.6) is 5.75 Å². The Bertz CT molecular complexity index is 1120. The van der Waals surface area contributed by atoms with Crippen LogP contribution in [-0.2, 0) is 4.74 Å². The Morgan fingerprint density at radius 1 is 0.912 bits per heavy atom. The monoisotopic (exact) mass is 461 g/mol. The first kappa shape index (κ1) is 23.1. The molecule has 176 valence electrons. The van der Waals surface area contributed by atoms with Crippen LogP contribution in [0.25, 0.3) is 5.69 Å². The average Bonchev–Trinajstić information content (AvgIpc) is 3.40. The molecule has 1 aliphatic rings. The number of aromatic nitrogens is 1. The summed E-state index contributed by atoms with van der Waals surface area (Å²) >= 11 is 0.